The smallest absolute Gasteiger partial charge is 0.254 e. The minimum absolute atomic E-state index is 0.00547. The van der Waals surface area contributed by atoms with Crippen molar-refractivity contribution in [1.29, 1.82) is 0 Å². The molecule has 0 bridgehead atoms. The zero-order chi connectivity index (χ0) is 18.8. The molecule has 1 fully saturated rings. The van der Waals surface area contributed by atoms with Crippen LogP contribution < -0.4 is 5.56 Å². The van der Waals surface area contributed by atoms with Gasteiger partial charge in [0.05, 0.1) is 6.54 Å². The molecule has 4 nitrogen and oxygen atoms in total. The Balaban J connectivity index is 1.70. The fraction of sp³-hybridized carbons (Fsp3) is 0.304. The van der Waals surface area contributed by atoms with Crippen LogP contribution in [0.3, 0.4) is 0 Å². The highest BCUT2D eigenvalue weighted by molar-refractivity contribution is 5.94. The summed E-state index contributed by atoms with van der Waals surface area (Å²) in [7, 11) is 0. The van der Waals surface area contributed by atoms with Gasteiger partial charge in [-0.2, -0.15) is 0 Å². The molecule has 4 rings (SSSR count). The lowest BCUT2D eigenvalue weighted by Gasteiger charge is -2.29. The second-order valence-electron chi connectivity index (χ2n) is 7.45. The van der Waals surface area contributed by atoms with E-state index in [1.807, 2.05) is 66.4 Å². The van der Waals surface area contributed by atoms with Gasteiger partial charge in [0.1, 0.15) is 0 Å². The zero-order valence-electron chi connectivity index (χ0n) is 15.6. The molecule has 1 amide bonds. The Labute approximate surface area is 158 Å². The van der Waals surface area contributed by atoms with Gasteiger partial charge in [-0.25, -0.2) is 0 Å². The van der Waals surface area contributed by atoms with E-state index >= 15 is 0 Å². The Hall–Kier alpha value is -2.88. The number of fused-ring (bicyclic) bond motifs is 1. The quantitative estimate of drug-likeness (QED) is 0.749. The number of nitrogens with zero attached hydrogens (tertiary/aromatic N) is 1. The Morgan fingerprint density at radius 2 is 1.81 bits per heavy atom. The van der Waals surface area contributed by atoms with Gasteiger partial charge in [0, 0.05) is 22.7 Å². The van der Waals surface area contributed by atoms with E-state index in [4.69, 9.17) is 0 Å². The molecule has 0 unspecified atom stereocenters. The Morgan fingerprint density at radius 1 is 1.07 bits per heavy atom. The standard InChI is InChI=1S/C23H24N2O2/c1-16-11-12-18-14-19(22(26)24-21(18)13-16)15-25(20-9-5-6-10-20)23(27)17-7-3-2-4-8-17/h2-4,7-8,11-14,20H,5-6,9-10,15H2,1H3,(H,24,26). The van der Waals surface area contributed by atoms with Crippen LogP contribution in [0.1, 0.15) is 47.2 Å². The third-order valence-electron chi connectivity index (χ3n) is 5.47. The molecular formula is C23H24N2O2. The maximum absolute atomic E-state index is 13.2. The SMILES string of the molecule is Cc1ccc2cc(CN(C(=O)c3ccccc3)C3CCCC3)c(=O)[nH]c2c1. The van der Waals surface area contributed by atoms with Gasteiger partial charge in [-0.1, -0.05) is 43.2 Å². The first kappa shape index (κ1) is 17.5. The van der Waals surface area contributed by atoms with Crippen LogP contribution in [0.2, 0.25) is 0 Å². The number of aryl methyl sites for hydroxylation is 1. The summed E-state index contributed by atoms with van der Waals surface area (Å²) < 4.78 is 0. The van der Waals surface area contributed by atoms with Crippen molar-refractivity contribution in [2.75, 3.05) is 0 Å². The molecule has 1 aromatic heterocycles. The van der Waals surface area contributed by atoms with E-state index in [0.29, 0.717) is 17.7 Å². The van der Waals surface area contributed by atoms with Gasteiger partial charge in [-0.3, -0.25) is 9.59 Å². The topological polar surface area (TPSA) is 53.2 Å². The van der Waals surface area contributed by atoms with E-state index in [1.54, 1.807) is 0 Å². The van der Waals surface area contributed by atoms with E-state index in [0.717, 1.165) is 42.1 Å². The van der Waals surface area contributed by atoms with Crippen LogP contribution in [0.25, 0.3) is 10.9 Å². The molecule has 3 aromatic rings. The molecular weight excluding hydrogens is 336 g/mol. The second-order valence-corrected chi connectivity index (χ2v) is 7.45. The molecule has 138 valence electrons. The minimum Gasteiger partial charge on any atom is -0.331 e. The molecule has 1 N–H and O–H groups in total. The van der Waals surface area contributed by atoms with E-state index in [-0.39, 0.29) is 17.5 Å². The molecule has 27 heavy (non-hydrogen) atoms. The van der Waals surface area contributed by atoms with Crippen LogP contribution >= 0.6 is 0 Å². The zero-order valence-corrected chi connectivity index (χ0v) is 15.6. The molecule has 1 saturated carbocycles. The number of aromatic nitrogens is 1. The number of pyridine rings is 1. The van der Waals surface area contributed by atoms with Crippen LogP contribution in [-0.2, 0) is 6.54 Å². The molecule has 1 aliphatic carbocycles. The molecule has 1 aliphatic rings. The summed E-state index contributed by atoms with van der Waals surface area (Å²) in [4.78, 5) is 30.7. The normalized spacial score (nSPS) is 14.6. The number of H-pyrrole nitrogens is 1. The summed E-state index contributed by atoms with van der Waals surface area (Å²) in [6.07, 6.45) is 4.28. The van der Waals surface area contributed by atoms with E-state index in [9.17, 15) is 9.59 Å². The van der Waals surface area contributed by atoms with Crippen molar-refractivity contribution in [2.24, 2.45) is 0 Å². The van der Waals surface area contributed by atoms with Crippen molar-refractivity contribution in [3.05, 3.63) is 81.6 Å². The van der Waals surface area contributed by atoms with Gasteiger partial charge in [0.2, 0.25) is 0 Å². The number of hydrogen-bond acceptors (Lipinski definition) is 2. The average molecular weight is 360 g/mol. The Bertz CT molecular complexity index is 1020. The van der Waals surface area contributed by atoms with Gasteiger partial charge in [-0.15, -0.1) is 0 Å². The maximum atomic E-state index is 13.2. The van der Waals surface area contributed by atoms with Gasteiger partial charge in [-0.05, 0) is 55.0 Å². The number of carbonyl (C=O) groups is 1. The third-order valence-corrected chi connectivity index (χ3v) is 5.47. The molecule has 1 heterocycles. The van der Waals surface area contributed by atoms with Crippen LogP contribution in [0.5, 0.6) is 0 Å². The lowest BCUT2D eigenvalue weighted by molar-refractivity contribution is 0.0664. The summed E-state index contributed by atoms with van der Waals surface area (Å²) in [6.45, 7) is 2.35. The van der Waals surface area contributed by atoms with Gasteiger partial charge < -0.3 is 9.88 Å². The highest BCUT2D eigenvalue weighted by atomic mass is 16.2. The number of carbonyl (C=O) groups excluding carboxylic acids is 1. The summed E-state index contributed by atoms with van der Waals surface area (Å²) in [6, 6.07) is 17.5. The maximum Gasteiger partial charge on any atom is 0.254 e. The van der Waals surface area contributed by atoms with Crippen LogP contribution in [0.4, 0.5) is 0 Å². The van der Waals surface area contributed by atoms with Gasteiger partial charge in [0.25, 0.3) is 11.5 Å². The summed E-state index contributed by atoms with van der Waals surface area (Å²) >= 11 is 0. The number of rotatable bonds is 4. The first-order chi connectivity index (χ1) is 13.1. The van der Waals surface area contributed by atoms with Crippen molar-refractivity contribution in [1.82, 2.24) is 9.88 Å². The van der Waals surface area contributed by atoms with E-state index in [1.165, 1.54) is 0 Å². The van der Waals surface area contributed by atoms with Crippen LogP contribution in [-0.4, -0.2) is 21.8 Å². The van der Waals surface area contributed by atoms with E-state index < -0.39 is 0 Å². The summed E-state index contributed by atoms with van der Waals surface area (Å²) in [5.41, 5.74) is 3.15. The van der Waals surface area contributed by atoms with Crippen molar-refractivity contribution in [2.45, 2.75) is 45.2 Å². The Kier molecular flexibility index (Phi) is 4.80. The molecule has 0 atom stereocenters. The van der Waals surface area contributed by atoms with Crippen LogP contribution in [0, 0.1) is 6.92 Å². The molecule has 4 heteroatoms. The highest BCUT2D eigenvalue weighted by Gasteiger charge is 2.28. The third kappa shape index (κ3) is 3.65. The lowest BCUT2D eigenvalue weighted by atomic mass is 10.1. The Morgan fingerprint density at radius 3 is 2.56 bits per heavy atom. The van der Waals surface area contributed by atoms with Crippen molar-refractivity contribution >= 4 is 16.8 Å². The average Bonchev–Trinajstić information content (AvgIpc) is 3.21. The fourth-order valence-corrected chi connectivity index (χ4v) is 3.99. The first-order valence-corrected chi connectivity index (χ1v) is 9.60. The van der Waals surface area contributed by atoms with Crippen molar-refractivity contribution in [3.63, 3.8) is 0 Å². The molecule has 0 spiro atoms. The predicted molar refractivity (Wildman–Crippen MR) is 108 cm³/mol. The molecule has 0 aliphatic heterocycles. The molecule has 0 saturated heterocycles. The number of hydrogen-bond donors (Lipinski definition) is 1. The van der Waals surface area contributed by atoms with E-state index in [2.05, 4.69) is 4.98 Å². The largest absolute Gasteiger partial charge is 0.331 e. The fourth-order valence-electron chi connectivity index (χ4n) is 3.99. The van der Waals surface area contributed by atoms with Gasteiger partial charge in [0.15, 0.2) is 0 Å². The molecule has 2 aromatic carbocycles. The minimum atomic E-state index is -0.114. The predicted octanol–water partition coefficient (Wildman–Crippen LogP) is 4.42. The van der Waals surface area contributed by atoms with Gasteiger partial charge >= 0.3 is 0 Å². The van der Waals surface area contributed by atoms with Crippen LogP contribution in [0.15, 0.2) is 59.4 Å². The summed E-state index contributed by atoms with van der Waals surface area (Å²) in [5.74, 6) is 0.00547. The van der Waals surface area contributed by atoms with Crippen molar-refractivity contribution < 1.29 is 4.79 Å². The first-order valence-electron chi connectivity index (χ1n) is 9.60. The summed E-state index contributed by atoms with van der Waals surface area (Å²) in [5, 5.41) is 0.994. The number of amides is 1. The second kappa shape index (κ2) is 7.39. The molecule has 0 radical (unpaired) electrons. The number of benzene rings is 2. The monoisotopic (exact) mass is 360 g/mol. The highest BCUT2D eigenvalue weighted by Crippen LogP contribution is 2.26. The number of aromatic amines is 1. The number of nitrogens with one attached hydrogen (secondary N) is 1. The van der Waals surface area contributed by atoms with Crippen molar-refractivity contribution in [3.8, 4) is 0 Å². The lowest BCUT2D eigenvalue weighted by Crippen LogP contribution is -2.39.